The Bertz CT molecular complexity index is 490. The lowest BCUT2D eigenvalue weighted by Crippen LogP contribution is -2.47. The highest BCUT2D eigenvalue weighted by Gasteiger charge is 2.90. The summed E-state index contributed by atoms with van der Waals surface area (Å²) in [7, 11) is 0. The minimum absolute atomic E-state index is 0.570. The van der Waals surface area contributed by atoms with Gasteiger partial charge in [-0.1, -0.05) is 60.1 Å². The third kappa shape index (κ3) is 0.993. The molecule has 0 aromatic rings. The minimum atomic E-state index is 0.570. The Morgan fingerprint density at radius 3 is 2.60 bits per heavy atom. The van der Waals surface area contributed by atoms with E-state index in [1.54, 1.807) is 0 Å². The molecule has 4 aliphatic carbocycles. The molecule has 8 atom stereocenters. The average molecular weight is 272 g/mol. The molecule has 0 bridgehead atoms. The molecule has 3 saturated carbocycles. The Hall–Kier alpha value is -0.260. The Balaban J connectivity index is 1.86. The maximum atomic E-state index is 2.68. The van der Waals surface area contributed by atoms with Gasteiger partial charge >= 0.3 is 0 Å². The summed E-state index contributed by atoms with van der Waals surface area (Å²) in [5.41, 5.74) is 2.42. The van der Waals surface area contributed by atoms with Crippen molar-refractivity contribution in [2.24, 2.45) is 45.3 Å². The van der Waals surface area contributed by atoms with Crippen molar-refractivity contribution >= 4 is 0 Å². The normalized spacial score (nSPS) is 64.0. The molecule has 0 aromatic heterocycles. The van der Waals surface area contributed by atoms with E-state index in [1.807, 2.05) is 0 Å². The zero-order valence-electron chi connectivity index (χ0n) is 14.3. The standard InChI is InChI=1S/C20H32/c1-7-13(2)17(5)11-16-15(4)19(16)10-8-9-14(3)20(19)12-18(17,20)6/h8,10,13-16H,7,9,11-12H2,1-6H3/t13-,14+,15-,16+,17-,18-,19+,20+/m1/s1. The first-order valence-corrected chi connectivity index (χ1v) is 8.99. The van der Waals surface area contributed by atoms with Crippen LogP contribution in [0, 0.1) is 45.3 Å². The van der Waals surface area contributed by atoms with E-state index in [0.29, 0.717) is 21.7 Å². The first-order chi connectivity index (χ1) is 9.32. The lowest BCUT2D eigenvalue weighted by molar-refractivity contribution is -0.0334. The third-order valence-electron chi connectivity index (χ3n) is 9.46. The lowest BCUT2D eigenvalue weighted by Gasteiger charge is -2.53. The van der Waals surface area contributed by atoms with Gasteiger partial charge in [-0.15, -0.1) is 0 Å². The van der Waals surface area contributed by atoms with Gasteiger partial charge in [0.25, 0.3) is 0 Å². The highest BCUT2D eigenvalue weighted by molar-refractivity contribution is 5.43. The molecule has 0 heterocycles. The van der Waals surface area contributed by atoms with Crippen LogP contribution in [-0.2, 0) is 0 Å². The topological polar surface area (TPSA) is 0 Å². The molecule has 0 unspecified atom stereocenters. The van der Waals surface area contributed by atoms with Crippen molar-refractivity contribution in [3.05, 3.63) is 12.2 Å². The monoisotopic (exact) mass is 272 g/mol. The molecule has 4 aliphatic rings. The van der Waals surface area contributed by atoms with Crippen LogP contribution >= 0.6 is 0 Å². The number of hydrogen-bond donors (Lipinski definition) is 0. The molecule has 112 valence electrons. The maximum absolute atomic E-state index is 2.68. The Kier molecular flexibility index (Phi) is 2.27. The second-order valence-corrected chi connectivity index (χ2v) is 9.28. The molecule has 0 heteroatoms. The molecule has 0 aliphatic heterocycles. The summed E-state index contributed by atoms with van der Waals surface area (Å²) in [6, 6.07) is 0. The van der Waals surface area contributed by atoms with Crippen LogP contribution in [0.15, 0.2) is 12.2 Å². The summed E-state index contributed by atoms with van der Waals surface area (Å²) < 4.78 is 0. The predicted octanol–water partition coefficient (Wildman–Crippen LogP) is 5.69. The van der Waals surface area contributed by atoms with Crippen LogP contribution in [-0.4, -0.2) is 0 Å². The van der Waals surface area contributed by atoms with Crippen LogP contribution in [0.3, 0.4) is 0 Å². The fraction of sp³-hybridized carbons (Fsp3) is 0.900. The van der Waals surface area contributed by atoms with Gasteiger partial charge in [0.05, 0.1) is 0 Å². The van der Waals surface area contributed by atoms with Crippen LogP contribution in [0.4, 0.5) is 0 Å². The molecule has 3 fully saturated rings. The van der Waals surface area contributed by atoms with Crippen molar-refractivity contribution < 1.29 is 0 Å². The van der Waals surface area contributed by atoms with Crippen LogP contribution in [0.5, 0.6) is 0 Å². The van der Waals surface area contributed by atoms with E-state index in [1.165, 1.54) is 25.7 Å². The van der Waals surface area contributed by atoms with Crippen LogP contribution in [0.2, 0.25) is 0 Å². The minimum Gasteiger partial charge on any atom is -0.0877 e. The molecule has 4 rings (SSSR count). The van der Waals surface area contributed by atoms with Crippen molar-refractivity contribution in [2.75, 3.05) is 0 Å². The zero-order chi connectivity index (χ0) is 14.6. The van der Waals surface area contributed by atoms with Crippen molar-refractivity contribution in [1.82, 2.24) is 0 Å². The fourth-order valence-electron chi connectivity index (χ4n) is 7.73. The SMILES string of the molecule is CC[C@@H](C)[C@@]1(C)C[C@H]2[C@@H](C)[C@@]23C=CC[C@H](C)[C@]32C[C@@]21C. The van der Waals surface area contributed by atoms with Crippen molar-refractivity contribution in [3.63, 3.8) is 0 Å². The largest absolute Gasteiger partial charge is 0.0877 e. The Labute approximate surface area is 125 Å². The zero-order valence-corrected chi connectivity index (χ0v) is 14.3. The lowest BCUT2D eigenvalue weighted by atomic mass is 9.51. The Morgan fingerprint density at radius 1 is 1.25 bits per heavy atom. The Morgan fingerprint density at radius 2 is 1.95 bits per heavy atom. The molecule has 20 heavy (non-hydrogen) atoms. The summed E-state index contributed by atoms with van der Waals surface area (Å²) in [4.78, 5) is 0. The highest BCUT2D eigenvalue weighted by atomic mass is 14.9. The van der Waals surface area contributed by atoms with Gasteiger partial charge in [-0.3, -0.25) is 0 Å². The molecule has 0 saturated heterocycles. The maximum Gasteiger partial charge on any atom is 0.000627 e. The van der Waals surface area contributed by atoms with E-state index in [0.717, 1.165) is 23.7 Å². The second kappa shape index (κ2) is 3.39. The van der Waals surface area contributed by atoms with Gasteiger partial charge in [0.15, 0.2) is 0 Å². The van der Waals surface area contributed by atoms with Crippen molar-refractivity contribution in [3.8, 4) is 0 Å². The van der Waals surface area contributed by atoms with E-state index in [9.17, 15) is 0 Å². The molecule has 0 radical (unpaired) electrons. The molecule has 0 N–H and O–H groups in total. The summed E-state index contributed by atoms with van der Waals surface area (Å²) in [5.74, 6) is 3.69. The molecular weight excluding hydrogens is 240 g/mol. The van der Waals surface area contributed by atoms with Crippen molar-refractivity contribution in [2.45, 2.75) is 67.2 Å². The van der Waals surface area contributed by atoms with Crippen LogP contribution < -0.4 is 0 Å². The quantitative estimate of drug-likeness (QED) is 0.567. The van der Waals surface area contributed by atoms with E-state index in [2.05, 4.69) is 53.7 Å². The van der Waals surface area contributed by atoms with Crippen LogP contribution in [0.25, 0.3) is 0 Å². The van der Waals surface area contributed by atoms with Gasteiger partial charge in [0.2, 0.25) is 0 Å². The van der Waals surface area contributed by atoms with E-state index < -0.39 is 0 Å². The van der Waals surface area contributed by atoms with E-state index in [4.69, 9.17) is 0 Å². The highest BCUT2D eigenvalue weighted by Crippen LogP contribution is 2.95. The molecule has 0 aromatic carbocycles. The third-order valence-corrected chi connectivity index (χ3v) is 9.46. The molecule has 2 spiro atoms. The van der Waals surface area contributed by atoms with E-state index in [-0.39, 0.29) is 0 Å². The van der Waals surface area contributed by atoms with Gasteiger partial charge < -0.3 is 0 Å². The smallest absolute Gasteiger partial charge is 0.000627 e. The van der Waals surface area contributed by atoms with E-state index >= 15 is 0 Å². The van der Waals surface area contributed by atoms with Gasteiger partial charge in [0, 0.05) is 5.41 Å². The van der Waals surface area contributed by atoms with Crippen molar-refractivity contribution in [1.29, 1.82) is 0 Å². The number of hydrogen-bond acceptors (Lipinski definition) is 0. The average Bonchev–Trinajstić information content (AvgIpc) is 3.23. The molecule has 0 amide bonds. The summed E-state index contributed by atoms with van der Waals surface area (Å²) in [6.07, 6.45) is 10.9. The first-order valence-electron chi connectivity index (χ1n) is 8.99. The number of allylic oxidation sites excluding steroid dienone is 2. The van der Waals surface area contributed by atoms with Gasteiger partial charge in [0.1, 0.15) is 0 Å². The summed E-state index contributed by atoms with van der Waals surface area (Å²) in [5, 5.41) is 0. The summed E-state index contributed by atoms with van der Waals surface area (Å²) in [6.45, 7) is 15.3. The second-order valence-electron chi connectivity index (χ2n) is 9.28. The molecule has 0 nitrogen and oxygen atoms in total. The summed E-state index contributed by atoms with van der Waals surface area (Å²) >= 11 is 0. The number of rotatable bonds is 2. The predicted molar refractivity (Wildman–Crippen MR) is 85.3 cm³/mol. The van der Waals surface area contributed by atoms with Gasteiger partial charge in [-0.25, -0.2) is 0 Å². The molecular formula is C20H32. The van der Waals surface area contributed by atoms with Crippen LogP contribution in [0.1, 0.15) is 67.2 Å². The first kappa shape index (κ1) is 13.4. The fourth-order valence-corrected chi connectivity index (χ4v) is 7.73. The van der Waals surface area contributed by atoms with Gasteiger partial charge in [-0.05, 0) is 59.2 Å². The van der Waals surface area contributed by atoms with Gasteiger partial charge in [-0.2, -0.15) is 0 Å².